The minimum Gasteiger partial charge on any atom is -0.455 e. The molecule has 5 nitrogen and oxygen atoms in total. The fraction of sp³-hybridized carbons (Fsp3) is 0. The van der Waals surface area contributed by atoms with Gasteiger partial charge in [0.2, 0.25) is 0 Å². The molecule has 5 heterocycles. The van der Waals surface area contributed by atoms with E-state index in [4.69, 9.17) is 24.4 Å². The Morgan fingerprint density at radius 2 is 0.912 bits per heavy atom. The average molecular weight is 727 g/mol. The van der Waals surface area contributed by atoms with Gasteiger partial charge in [-0.25, -0.2) is 19.9 Å². The maximum absolute atomic E-state index is 6.52. The van der Waals surface area contributed by atoms with E-state index in [2.05, 4.69) is 146 Å². The van der Waals surface area contributed by atoms with Crippen LogP contribution in [0.25, 0.3) is 121 Å². The van der Waals surface area contributed by atoms with E-state index in [1.165, 1.54) is 0 Å². The zero-order valence-corrected chi connectivity index (χ0v) is 30.5. The van der Waals surface area contributed by atoms with Gasteiger partial charge in [-0.2, -0.15) is 0 Å². The van der Waals surface area contributed by atoms with Crippen LogP contribution in [0.4, 0.5) is 0 Å². The topological polar surface area (TPSA) is 64.7 Å². The number of para-hydroxylation sites is 2. The molecule has 0 amide bonds. The van der Waals surface area contributed by atoms with E-state index in [1.54, 1.807) is 0 Å². The van der Waals surface area contributed by atoms with Gasteiger partial charge in [-0.1, -0.05) is 133 Å². The molecule has 0 aliphatic heterocycles. The zero-order chi connectivity index (χ0) is 37.5. The van der Waals surface area contributed by atoms with Crippen molar-refractivity contribution in [1.29, 1.82) is 0 Å². The summed E-state index contributed by atoms with van der Waals surface area (Å²) in [5.74, 6) is 0. The standard InChI is InChI=1S/C52H30N4O/c1-2-8-31(9-3-1)43-26-20-34-18-19-35-21-27-45(55-51(35)50(34)54-43)37-23-29-44-36(30-37)22-28-42(53-44)32-14-16-33(17-15-32)49-41-25-24-39-38-10-5-7-13-47(38)57-52(39)48(41)40-11-4-6-12-46(40)56-49/h1-30H. The molecule has 5 aromatic heterocycles. The minimum atomic E-state index is 0.889. The third kappa shape index (κ3) is 5.10. The maximum atomic E-state index is 6.52. The molecule has 264 valence electrons. The third-order valence-corrected chi connectivity index (χ3v) is 11.2. The van der Waals surface area contributed by atoms with Crippen LogP contribution in [0, 0.1) is 0 Å². The summed E-state index contributed by atoms with van der Waals surface area (Å²) in [5.41, 5.74) is 13.3. The predicted octanol–water partition coefficient (Wildman–Crippen LogP) is 13.6. The quantitative estimate of drug-likeness (QED) is 0.169. The zero-order valence-electron chi connectivity index (χ0n) is 30.5. The summed E-state index contributed by atoms with van der Waals surface area (Å²) in [6, 6.07) is 63.1. The van der Waals surface area contributed by atoms with Gasteiger partial charge in [0.1, 0.15) is 11.2 Å². The van der Waals surface area contributed by atoms with Crippen molar-refractivity contribution in [2.75, 3.05) is 0 Å². The fourth-order valence-corrected chi connectivity index (χ4v) is 8.38. The lowest BCUT2D eigenvalue weighted by Crippen LogP contribution is -1.92. The molecular weight excluding hydrogens is 697 g/mol. The monoisotopic (exact) mass is 726 g/mol. The largest absolute Gasteiger partial charge is 0.455 e. The van der Waals surface area contributed by atoms with Gasteiger partial charge in [0.15, 0.2) is 0 Å². The Bertz CT molecular complexity index is 3570. The van der Waals surface area contributed by atoms with Gasteiger partial charge in [0, 0.05) is 65.3 Å². The first-order valence-electron chi connectivity index (χ1n) is 19.1. The van der Waals surface area contributed by atoms with Crippen molar-refractivity contribution in [3.05, 3.63) is 182 Å². The Morgan fingerprint density at radius 1 is 0.333 bits per heavy atom. The average Bonchev–Trinajstić information content (AvgIpc) is 3.67. The molecule has 0 spiro atoms. The highest BCUT2D eigenvalue weighted by Gasteiger charge is 2.17. The van der Waals surface area contributed by atoms with Crippen LogP contribution in [0.3, 0.4) is 0 Å². The highest BCUT2D eigenvalue weighted by Crippen LogP contribution is 2.41. The Balaban J connectivity index is 0.897. The number of hydrogen-bond donors (Lipinski definition) is 0. The van der Waals surface area contributed by atoms with Crippen molar-refractivity contribution in [2.45, 2.75) is 0 Å². The molecule has 0 atom stereocenters. The van der Waals surface area contributed by atoms with Crippen LogP contribution in [0.5, 0.6) is 0 Å². The lowest BCUT2D eigenvalue weighted by molar-refractivity contribution is 0.673. The van der Waals surface area contributed by atoms with Gasteiger partial charge in [-0.05, 0) is 48.5 Å². The Labute approximate surface area is 326 Å². The summed E-state index contributed by atoms with van der Waals surface area (Å²) in [6.07, 6.45) is 0. The van der Waals surface area contributed by atoms with Crippen molar-refractivity contribution in [3.63, 3.8) is 0 Å². The molecule has 0 saturated carbocycles. The first-order chi connectivity index (χ1) is 28.2. The SMILES string of the molecule is c1ccc(-c2ccc3ccc4ccc(-c5ccc6nc(-c7ccc(-c8nc9ccccc9c9c8ccc8c%10ccccc%10oc89)cc7)ccc6c5)nc4c3n2)cc1. The molecule has 0 saturated heterocycles. The van der Waals surface area contributed by atoms with Crippen LogP contribution < -0.4 is 0 Å². The molecule has 57 heavy (non-hydrogen) atoms. The number of hydrogen-bond acceptors (Lipinski definition) is 5. The lowest BCUT2D eigenvalue weighted by atomic mass is 9.97. The number of pyridine rings is 4. The first-order valence-corrected chi connectivity index (χ1v) is 19.1. The van der Waals surface area contributed by atoms with E-state index in [0.717, 1.165) is 121 Å². The summed E-state index contributed by atoms with van der Waals surface area (Å²) in [6.45, 7) is 0. The third-order valence-electron chi connectivity index (χ3n) is 11.2. The van der Waals surface area contributed by atoms with E-state index in [9.17, 15) is 0 Å². The van der Waals surface area contributed by atoms with Crippen molar-refractivity contribution in [2.24, 2.45) is 0 Å². The fourth-order valence-electron chi connectivity index (χ4n) is 8.38. The lowest BCUT2D eigenvalue weighted by Gasteiger charge is -2.11. The first kappa shape index (κ1) is 31.6. The van der Waals surface area contributed by atoms with E-state index < -0.39 is 0 Å². The molecule has 12 rings (SSSR count). The number of rotatable bonds is 4. The van der Waals surface area contributed by atoms with Gasteiger partial charge < -0.3 is 4.42 Å². The van der Waals surface area contributed by atoms with E-state index in [0.29, 0.717) is 0 Å². The Morgan fingerprint density at radius 3 is 1.70 bits per heavy atom. The van der Waals surface area contributed by atoms with Gasteiger partial charge >= 0.3 is 0 Å². The number of fused-ring (bicyclic) bond motifs is 11. The van der Waals surface area contributed by atoms with Crippen LogP contribution in [0.2, 0.25) is 0 Å². The molecule has 0 radical (unpaired) electrons. The minimum absolute atomic E-state index is 0.889. The molecule has 0 unspecified atom stereocenters. The highest BCUT2D eigenvalue weighted by atomic mass is 16.3. The molecule has 7 aromatic carbocycles. The van der Waals surface area contributed by atoms with E-state index >= 15 is 0 Å². The Kier molecular flexibility index (Phi) is 6.86. The maximum Gasteiger partial charge on any atom is 0.144 e. The highest BCUT2D eigenvalue weighted by molar-refractivity contribution is 6.24. The number of nitrogens with zero attached hydrogens (tertiary/aromatic N) is 4. The predicted molar refractivity (Wildman–Crippen MR) is 234 cm³/mol. The van der Waals surface area contributed by atoms with Crippen LogP contribution in [-0.2, 0) is 0 Å². The van der Waals surface area contributed by atoms with Crippen molar-refractivity contribution < 1.29 is 4.42 Å². The second-order valence-corrected chi connectivity index (χ2v) is 14.6. The molecule has 0 bridgehead atoms. The second kappa shape index (κ2) is 12.4. The van der Waals surface area contributed by atoms with Crippen molar-refractivity contribution >= 4 is 76.3 Å². The van der Waals surface area contributed by atoms with Gasteiger partial charge in [-0.3, -0.25) is 0 Å². The van der Waals surface area contributed by atoms with Gasteiger partial charge in [0.05, 0.1) is 44.8 Å². The summed E-state index contributed by atoms with van der Waals surface area (Å²) in [7, 11) is 0. The van der Waals surface area contributed by atoms with Crippen molar-refractivity contribution in [3.8, 4) is 45.0 Å². The molecule has 5 heteroatoms. The van der Waals surface area contributed by atoms with Gasteiger partial charge in [-0.15, -0.1) is 0 Å². The van der Waals surface area contributed by atoms with Crippen LogP contribution >= 0.6 is 0 Å². The van der Waals surface area contributed by atoms with Crippen LogP contribution in [0.15, 0.2) is 186 Å². The number of furan rings is 1. The summed E-state index contributed by atoms with van der Waals surface area (Å²) >= 11 is 0. The Hall–Kier alpha value is -7.76. The molecule has 0 aliphatic rings. The normalized spacial score (nSPS) is 11.9. The second-order valence-electron chi connectivity index (χ2n) is 14.6. The summed E-state index contributed by atoms with van der Waals surface area (Å²) < 4.78 is 6.52. The molecule has 0 fully saturated rings. The number of benzene rings is 7. The molecular formula is C52H30N4O. The van der Waals surface area contributed by atoms with E-state index in [1.807, 2.05) is 36.4 Å². The smallest absolute Gasteiger partial charge is 0.144 e. The summed E-state index contributed by atoms with van der Waals surface area (Å²) in [5, 5.41) is 8.66. The van der Waals surface area contributed by atoms with Gasteiger partial charge in [0.25, 0.3) is 0 Å². The van der Waals surface area contributed by atoms with E-state index in [-0.39, 0.29) is 0 Å². The molecule has 0 N–H and O–H groups in total. The van der Waals surface area contributed by atoms with Crippen LogP contribution in [-0.4, -0.2) is 19.9 Å². The number of aromatic nitrogens is 4. The molecule has 12 aromatic rings. The van der Waals surface area contributed by atoms with Crippen molar-refractivity contribution in [1.82, 2.24) is 19.9 Å². The molecule has 0 aliphatic carbocycles. The summed E-state index contributed by atoms with van der Waals surface area (Å²) in [4.78, 5) is 20.6. The van der Waals surface area contributed by atoms with Crippen LogP contribution in [0.1, 0.15) is 0 Å².